The van der Waals surface area contributed by atoms with Crippen LogP contribution in [-0.2, 0) is 25.9 Å². The first-order chi connectivity index (χ1) is 9.74. The van der Waals surface area contributed by atoms with E-state index in [1.807, 2.05) is 4.68 Å². The van der Waals surface area contributed by atoms with Gasteiger partial charge >= 0.3 is 6.09 Å². The van der Waals surface area contributed by atoms with E-state index in [9.17, 15) is 9.90 Å². The van der Waals surface area contributed by atoms with Crippen molar-refractivity contribution in [3.63, 3.8) is 0 Å². The van der Waals surface area contributed by atoms with E-state index < -0.39 is 6.09 Å². The number of hydrogen-bond acceptors (Lipinski definition) is 4. The van der Waals surface area contributed by atoms with E-state index >= 15 is 0 Å². The molecule has 0 saturated carbocycles. The van der Waals surface area contributed by atoms with Gasteiger partial charge in [-0.2, -0.15) is 5.10 Å². The van der Waals surface area contributed by atoms with Gasteiger partial charge in [-0.05, 0) is 19.3 Å². The summed E-state index contributed by atoms with van der Waals surface area (Å²) in [4.78, 5) is 12.6. The summed E-state index contributed by atoms with van der Waals surface area (Å²) in [5.74, 6) is 0. The summed E-state index contributed by atoms with van der Waals surface area (Å²) in [6.07, 6.45) is 3.64. The Balaban J connectivity index is 1.87. The summed E-state index contributed by atoms with van der Waals surface area (Å²) in [5.41, 5.74) is 4.86. The van der Waals surface area contributed by atoms with Crippen molar-refractivity contribution in [2.45, 2.75) is 32.4 Å². The minimum absolute atomic E-state index is 0.365. The molecule has 104 valence electrons. The van der Waals surface area contributed by atoms with Crippen LogP contribution in [0.3, 0.4) is 0 Å². The van der Waals surface area contributed by atoms with Gasteiger partial charge in [-0.15, -0.1) is 0 Å². The molecule has 2 aromatic heterocycles. The number of fused-ring (bicyclic) bond motifs is 5. The van der Waals surface area contributed by atoms with Gasteiger partial charge in [0.25, 0.3) is 0 Å². The number of rotatable bonds is 0. The molecular formula is C13H14N4O3. The van der Waals surface area contributed by atoms with Crippen LogP contribution in [0.1, 0.15) is 23.4 Å². The fraction of sp³-hybridized carbons (Fsp3) is 0.462. The van der Waals surface area contributed by atoms with Crippen LogP contribution in [0.5, 0.6) is 0 Å². The summed E-state index contributed by atoms with van der Waals surface area (Å²) in [6.45, 7) is 1.44. The molecule has 0 aromatic carbocycles. The van der Waals surface area contributed by atoms with Crippen molar-refractivity contribution in [1.82, 2.24) is 19.8 Å². The number of hydrogen-bond donors (Lipinski definition) is 1. The average Bonchev–Trinajstić information content (AvgIpc) is 2.98. The molecule has 1 aliphatic heterocycles. The second kappa shape index (κ2) is 4.09. The zero-order valence-electron chi connectivity index (χ0n) is 10.9. The first-order valence-electron chi connectivity index (χ1n) is 6.74. The van der Waals surface area contributed by atoms with E-state index in [0.717, 1.165) is 47.5 Å². The summed E-state index contributed by atoms with van der Waals surface area (Å²) < 4.78 is 7.02. The number of aryl methyl sites for hydroxylation is 2. The second-order valence-corrected chi connectivity index (χ2v) is 5.24. The predicted molar refractivity (Wildman–Crippen MR) is 68.2 cm³/mol. The lowest BCUT2D eigenvalue weighted by molar-refractivity contribution is 0.131. The van der Waals surface area contributed by atoms with E-state index in [4.69, 9.17) is 4.52 Å². The fourth-order valence-electron chi connectivity index (χ4n) is 3.07. The van der Waals surface area contributed by atoms with Gasteiger partial charge in [0.1, 0.15) is 12.0 Å². The molecule has 2 aliphatic rings. The maximum absolute atomic E-state index is 11.2. The average molecular weight is 274 g/mol. The Morgan fingerprint density at radius 3 is 3.10 bits per heavy atom. The van der Waals surface area contributed by atoms with E-state index in [1.54, 1.807) is 6.26 Å². The normalized spacial score (nSPS) is 17.1. The van der Waals surface area contributed by atoms with Gasteiger partial charge in [-0.1, -0.05) is 5.16 Å². The van der Waals surface area contributed by atoms with Gasteiger partial charge in [0.05, 0.1) is 30.0 Å². The number of nitrogens with zero attached hydrogens (tertiary/aromatic N) is 4. The molecule has 0 fully saturated rings. The van der Waals surface area contributed by atoms with Gasteiger partial charge < -0.3 is 14.5 Å². The Morgan fingerprint density at radius 2 is 2.25 bits per heavy atom. The third kappa shape index (κ3) is 1.55. The second-order valence-electron chi connectivity index (χ2n) is 5.24. The third-order valence-corrected chi connectivity index (χ3v) is 4.06. The summed E-state index contributed by atoms with van der Waals surface area (Å²) in [6, 6.07) is 0. The summed E-state index contributed by atoms with van der Waals surface area (Å²) >= 11 is 0. The molecular weight excluding hydrogens is 260 g/mol. The zero-order chi connectivity index (χ0) is 13.7. The van der Waals surface area contributed by atoms with Crippen LogP contribution in [0.4, 0.5) is 4.79 Å². The van der Waals surface area contributed by atoms with Gasteiger partial charge in [-0.3, -0.25) is 4.68 Å². The van der Waals surface area contributed by atoms with Crippen LogP contribution in [0, 0.1) is 0 Å². The Hall–Kier alpha value is -2.31. The Labute approximate surface area is 114 Å². The number of aromatic nitrogens is 3. The number of amides is 1. The highest BCUT2D eigenvalue weighted by Crippen LogP contribution is 2.35. The predicted octanol–water partition coefficient (Wildman–Crippen LogP) is 1.52. The molecule has 7 heteroatoms. The maximum atomic E-state index is 11.2. The van der Waals surface area contributed by atoms with Gasteiger partial charge in [-0.25, -0.2) is 4.79 Å². The summed E-state index contributed by atoms with van der Waals surface area (Å²) in [5, 5.41) is 17.9. The Morgan fingerprint density at radius 1 is 1.35 bits per heavy atom. The molecule has 0 spiro atoms. The van der Waals surface area contributed by atoms with Crippen LogP contribution in [-0.4, -0.2) is 37.6 Å². The molecule has 1 N–H and O–H groups in total. The monoisotopic (exact) mass is 274 g/mol. The van der Waals surface area contributed by atoms with Crippen LogP contribution in [0.25, 0.3) is 11.3 Å². The molecule has 0 saturated heterocycles. The topological polar surface area (TPSA) is 84.4 Å². The Kier molecular flexibility index (Phi) is 2.35. The standard InChI is InChI=1S/C13H14N4O3/c18-13(19)16-4-5-17-10(6-16)11-9(14-17)3-1-2-8-7-20-15-12(8)11/h7H,1-6H2,(H,18,19). The summed E-state index contributed by atoms with van der Waals surface area (Å²) in [7, 11) is 0. The van der Waals surface area contributed by atoms with Gasteiger partial charge in [0, 0.05) is 12.1 Å². The quantitative estimate of drug-likeness (QED) is 0.787. The Bertz CT molecular complexity index is 688. The van der Waals surface area contributed by atoms with Crippen molar-refractivity contribution < 1.29 is 14.4 Å². The molecule has 20 heavy (non-hydrogen) atoms. The molecule has 7 nitrogen and oxygen atoms in total. The lowest BCUT2D eigenvalue weighted by atomic mass is 10.1. The fourth-order valence-corrected chi connectivity index (χ4v) is 3.07. The largest absolute Gasteiger partial charge is 0.465 e. The van der Waals surface area contributed by atoms with Crippen LogP contribution in [0.2, 0.25) is 0 Å². The lowest BCUT2D eigenvalue weighted by Gasteiger charge is -2.25. The first kappa shape index (κ1) is 11.5. The van der Waals surface area contributed by atoms with Gasteiger partial charge in [0.15, 0.2) is 0 Å². The van der Waals surface area contributed by atoms with Crippen LogP contribution >= 0.6 is 0 Å². The van der Waals surface area contributed by atoms with E-state index in [2.05, 4.69) is 10.3 Å². The van der Waals surface area contributed by atoms with Crippen molar-refractivity contribution in [3.05, 3.63) is 23.2 Å². The molecule has 1 amide bonds. The smallest absolute Gasteiger partial charge is 0.407 e. The maximum Gasteiger partial charge on any atom is 0.407 e. The molecule has 2 aromatic rings. The van der Waals surface area contributed by atoms with Crippen molar-refractivity contribution in [1.29, 1.82) is 0 Å². The van der Waals surface area contributed by atoms with Crippen molar-refractivity contribution in [2.24, 2.45) is 0 Å². The van der Waals surface area contributed by atoms with Crippen LogP contribution < -0.4 is 0 Å². The highest BCUT2D eigenvalue weighted by atomic mass is 16.5. The van der Waals surface area contributed by atoms with Gasteiger partial charge in [0.2, 0.25) is 0 Å². The van der Waals surface area contributed by atoms with E-state index in [1.165, 1.54) is 4.90 Å². The molecule has 0 atom stereocenters. The molecule has 0 radical (unpaired) electrons. The van der Waals surface area contributed by atoms with Crippen LogP contribution in [0.15, 0.2) is 10.8 Å². The minimum Gasteiger partial charge on any atom is -0.465 e. The molecule has 4 rings (SSSR count). The highest BCUT2D eigenvalue weighted by Gasteiger charge is 2.30. The van der Waals surface area contributed by atoms with E-state index in [0.29, 0.717) is 19.6 Å². The highest BCUT2D eigenvalue weighted by molar-refractivity contribution is 5.71. The lowest BCUT2D eigenvalue weighted by Crippen LogP contribution is -2.37. The zero-order valence-corrected chi connectivity index (χ0v) is 10.9. The molecule has 1 aliphatic carbocycles. The SMILES string of the molecule is O=C(O)N1CCn2nc3c(c2C1)-c1nocc1CCC3. The third-order valence-electron chi connectivity index (χ3n) is 4.06. The molecule has 0 unspecified atom stereocenters. The molecule has 3 heterocycles. The molecule has 0 bridgehead atoms. The van der Waals surface area contributed by atoms with Crippen molar-refractivity contribution in [3.8, 4) is 11.3 Å². The van der Waals surface area contributed by atoms with Crippen molar-refractivity contribution >= 4 is 6.09 Å². The minimum atomic E-state index is -0.889. The number of carbonyl (C=O) groups is 1. The van der Waals surface area contributed by atoms with E-state index in [-0.39, 0.29) is 0 Å². The first-order valence-corrected chi connectivity index (χ1v) is 6.74. The van der Waals surface area contributed by atoms with Crippen molar-refractivity contribution in [2.75, 3.05) is 6.54 Å². The number of carboxylic acid groups (broad SMARTS) is 1.